The molecule has 4 saturated carbocycles. The van der Waals surface area contributed by atoms with Crippen LogP contribution in [0.25, 0.3) is 0 Å². The normalized spacial score (nSPS) is 50.4. The molecule has 0 aliphatic heterocycles. The minimum Gasteiger partial charge on any atom is -0.393 e. The Kier molecular flexibility index (Phi) is 7.35. The minimum absolute atomic E-state index is 0.0753. The van der Waals surface area contributed by atoms with Gasteiger partial charge in [-0.05, 0) is 98.2 Å². The SMILES string of the molecule is CC[C@H](CC[C@@H](C)[C@H]1CC[C@H]2[C@@H]3C[C@@](O)(CN)[C@@]4(O)C[C@@H](O)CC[C@]4(C)[C@H]3CC[C@]12C)C(C)C. The lowest BCUT2D eigenvalue weighted by Gasteiger charge is -2.68. The van der Waals surface area contributed by atoms with Crippen molar-refractivity contribution in [3.8, 4) is 0 Å². The molecule has 0 spiro atoms. The minimum atomic E-state index is -1.31. The van der Waals surface area contributed by atoms with Gasteiger partial charge in [0.2, 0.25) is 0 Å². The highest BCUT2D eigenvalue weighted by Gasteiger charge is 2.71. The third kappa shape index (κ3) is 3.84. The second-order valence-electron chi connectivity index (χ2n) is 14.2. The van der Waals surface area contributed by atoms with Gasteiger partial charge in [0, 0.05) is 18.4 Å². The summed E-state index contributed by atoms with van der Waals surface area (Å²) in [5, 5.41) is 34.4. The standard InChI is InChI=1S/C30H55NO3/c1-7-21(19(2)3)9-8-20(4)24-10-11-25-23-17-29(33,18-31)30(34)16-22(32)12-15-28(30,6)26(23)13-14-27(24,25)5/h19-26,32-34H,7-18,31H2,1-6H3/t20-,21-,22+,23+,24-,25+,26+,27-,28-,29-,30-/m1/s1. The lowest BCUT2D eigenvalue weighted by molar-refractivity contribution is -0.303. The zero-order valence-electron chi connectivity index (χ0n) is 23.0. The first-order chi connectivity index (χ1) is 15.9. The summed E-state index contributed by atoms with van der Waals surface area (Å²) in [5.41, 5.74) is 3.57. The molecule has 0 aromatic carbocycles. The van der Waals surface area contributed by atoms with Crippen LogP contribution in [-0.2, 0) is 0 Å². The van der Waals surface area contributed by atoms with E-state index in [9.17, 15) is 15.3 Å². The Morgan fingerprint density at radius 2 is 1.62 bits per heavy atom. The van der Waals surface area contributed by atoms with Crippen molar-refractivity contribution in [2.45, 2.75) is 129 Å². The molecule has 0 unspecified atom stereocenters. The van der Waals surface area contributed by atoms with E-state index in [1.165, 1.54) is 38.5 Å². The number of hydrogen-bond acceptors (Lipinski definition) is 4. The number of aliphatic hydroxyl groups is 3. The highest BCUT2D eigenvalue weighted by molar-refractivity contribution is 5.22. The first-order valence-corrected chi connectivity index (χ1v) is 14.7. The van der Waals surface area contributed by atoms with E-state index in [1.807, 2.05) is 0 Å². The number of fused-ring (bicyclic) bond motifs is 5. The fraction of sp³-hybridized carbons (Fsp3) is 1.00. The van der Waals surface area contributed by atoms with Crippen LogP contribution >= 0.6 is 0 Å². The highest BCUT2D eigenvalue weighted by Crippen LogP contribution is 2.70. The molecule has 0 saturated heterocycles. The molecule has 198 valence electrons. The molecule has 0 aromatic heterocycles. The van der Waals surface area contributed by atoms with Crippen molar-refractivity contribution >= 4 is 0 Å². The van der Waals surface area contributed by atoms with Crippen LogP contribution in [0.2, 0.25) is 0 Å². The molecule has 4 heteroatoms. The second-order valence-corrected chi connectivity index (χ2v) is 14.2. The lowest BCUT2D eigenvalue weighted by atomic mass is 9.39. The zero-order chi connectivity index (χ0) is 25.1. The van der Waals surface area contributed by atoms with E-state index in [2.05, 4.69) is 41.5 Å². The molecule has 5 N–H and O–H groups in total. The van der Waals surface area contributed by atoms with Crippen LogP contribution < -0.4 is 5.73 Å². The Morgan fingerprint density at radius 1 is 0.912 bits per heavy atom. The van der Waals surface area contributed by atoms with Crippen LogP contribution in [0.4, 0.5) is 0 Å². The van der Waals surface area contributed by atoms with Crippen molar-refractivity contribution in [2.24, 2.45) is 58.0 Å². The molecule has 4 fully saturated rings. The van der Waals surface area contributed by atoms with Crippen molar-refractivity contribution in [1.82, 2.24) is 0 Å². The Hall–Kier alpha value is -0.160. The highest BCUT2D eigenvalue weighted by atomic mass is 16.4. The monoisotopic (exact) mass is 477 g/mol. The fourth-order valence-electron chi connectivity index (χ4n) is 10.4. The maximum absolute atomic E-state index is 12.0. The molecule has 4 rings (SSSR count). The number of aliphatic hydroxyl groups excluding tert-OH is 1. The molecule has 34 heavy (non-hydrogen) atoms. The molecular formula is C30H55NO3. The molecule has 0 aromatic rings. The summed E-state index contributed by atoms with van der Waals surface area (Å²) in [6, 6.07) is 0. The van der Waals surface area contributed by atoms with Crippen LogP contribution in [0.3, 0.4) is 0 Å². The van der Waals surface area contributed by atoms with E-state index < -0.39 is 17.3 Å². The smallest absolute Gasteiger partial charge is 0.106 e. The van der Waals surface area contributed by atoms with Crippen molar-refractivity contribution in [1.29, 1.82) is 0 Å². The van der Waals surface area contributed by atoms with Crippen LogP contribution in [0, 0.1) is 52.3 Å². The third-order valence-corrected chi connectivity index (χ3v) is 12.6. The van der Waals surface area contributed by atoms with E-state index in [1.54, 1.807) is 0 Å². The van der Waals surface area contributed by atoms with Gasteiger partial charge in [-0.15, -0.1) is 0 Å². The predicted octanol–water partition coefficient (Wildman–Crippen LogP) is 5.52. The van der Waals surface area contributed by atoms with Gasteiger partial charge in [0.15, 0.2) is 0 Å². The maximum atomic E-state index is 12.0. The first-order valence-electron chi connectivity index (χ1n) is 14.7. The summed E-state index contributed by atoms with van der Waals surface area (Å²) in [7, 11) is 0. The number of nitrogens with two attached hydrogens (primary N) is 1. The lowest BCUT2D eigenvalue weighted by Crippen LogP contribution is -2.75. The van der Waals surface area contributed by atoms with Gasteiger partial charge in [-0.1, -0.05) is 54.4 Å². The molecule has 4 aliphatic rings. The Morgan fingerprint density at radius 3 is 2.24 bits per heavy atom. The quantitative estimate of drug-likeness (QED) is 0.389. The molecule has 4 aliphatic carbocycles. The van der Waals surface area contributed by atoms with E-state index in [4.69, 9.17) is 5.73 Å². The summed E-state index contributed by atoms with van der Waals surface area (Å²) in [5.74, 6) is 4.55. The molecule has 0 bridgehead atoms. The zero-order valence-corrected chi connectivity index (χ0v) is 23.0. The van der Waals surface area contributed by atoms with Gasteiger partial charge in [0.05, 0.1) is 6.10 Å². The van der Waals surface area contributed by atoms with Crippen molar-refractivity contribution < 1.29 is 15.3 Å². The van der Waals surface area contributed by atoms with E-state index in [-0.39, 0.29) is 18.4 Å². The van der Waals surface area contributed by atoms with Crippen molar-refractivity contribution in [3.05, 3.63) is 0 Å². The summed E-state index contributed by atoms with van der Waals surface area (Å²) < 4.78 is 0. The average molecular weight is 478 g/mol. The third-order valence-electron chi connectivity index (χ3n) is 12.6. The van der Waals surface area contributed by atoms with Gasteiger partial charge in [-0.2, -0.15) is 0 Å². The van der Waals surface area contributed by atoms with Crippen LogP contribution in [0.1, 0.15) is 112 Å². The first kappa shape index (κ1) is 26.9. The van der Waals surface area contributed by atoms with E-state index in [0.29, 0.717) is 29.6 Å². The average Bonchev–Trinajstić information content (AvgIpc) is 3.13. The summed E-state index contributed by atoms with van der Waals surface area (Å²) >= 11 is 0. The van der Waals surface area contributed by atoms with Gasteiger partial charge in [0.1, 0.15) is 11.2 Å². The maximum Gasteiger partial charge on any atom is 0.106 e. The Bertz CT molecular complexity index is 728. The second kappa shape index (κ2) is 9.30. The summed E-state index contributed by atoms with van der Waals surface area (Å²) in [6.07, 6.45) is 10.7. The molecule has 0 heterocycles. The topological polar surface area (TPSA) is 86.7 Å². The molecule has 4 nitrogen and oxygen atoms in total. The Labute approximate surface area is 209 Å². The van der Waals surface area contributed by atoms with Gasteiger partial charge in [-0.3, -0.25) is 0 Å². The number of rotatable bonds is 7. The Balaban J connectivity index is 1.57. The predicted molar refractivity (Wildman–Crippen MR) is 139 cm³/mol. The van der Waals surface area contributed by atoms with Gasteiger partial charge >= 0.3 is 0 Å². The van der Waals surface area contributed by atoms with E-state index >= 15 is 0 Å². The van der Waals surface area contributed by atoms with Gasteiger partial charge < -0.3 is 21.1 Å². The van der Waals surface area contributed by atoms with E-state index in [0.717, 1.165) is 42.9 Å². The fourth-order valence-corrected chi connectivity index (χ4v) is 10.4. The summed E-state index contributed by atoms with van der Waals surface area (Å²) in [4.78, 5) is 0. The van der Waals surface area contributed by atoms with Crippen molar-refractivity contribution in [3.63, 3.8) is 0 Å². The molecular weight excluding hydrogens is 422 g/mol. The van der Waals surface area contributed by atoms with Crippen molar-refractivity contribution in [2.75, 3.05) is 6.54 Å². The van der Waals surface area contributed by atoms with Crippen LogP contribution in [0.15, 0.2) is 0 Å². The molecule has 11 atom stereocenters. The number of hydrogen-bond donors (Lipinski definition) is 4. The summed E-state index contributed by atoms with van der Waals surface area (Å²) in [6.45, 7) is 14.5. The van der Waals surface area contributed by atoms with Gasteiger partial charge in [-0.25, -0.2) is 0 Å². The molecule has 0 amide bonds. The van der Waals surface area contributed by atoms with Crippen LogP contribution in [-0.4, -0.2) is 39.2 Å². The molecule has 0 radical (unpaired) electrons. The largest absolute Gasteiger partial charge is 0.393 e. The van der Waals surface area contributed by atoms with Crippen LogP contribution in [0.5, 0.6) is 0 Å². The van der Waals surface area contributed by atoms with Gasteiger partial charge in [0.25, 0.3) is 0 Å².